The van der Waals surface area contributed by atoms with Crippen LogP contribution >= 0.6 is 50.2 Å². The molecular formula is C14H10BrClN2O4S3. The smallest absolute Gasteiger partial charge is 0.325 e. The van der Waals surface area contributed by atoms with E-state index < -0.39 is 16.0 Å². The molecular weight excluding hydrogens is 472 g/mol. The summed E-state index contributed by atoms with van der Waals surface area (Å²) in [7, 11) is -2.66. The Morgan fingerprint density at radius 2 is 2.08 bits per heavy atom. The molecule has 0 unspecified atom stereocenters. The first-order valence-electron chi connectivity index (χ1n) is 6.72. The Balaban J connectivity index is 2.23. The van der Waals surface area contributed by atoms with Gasteiger partial charge in [-0.3, -0.25) is 4.79 Å². The minimum atomic E-state index is -3.93. The molecule has 0 aliphatic carbocycles. The molecule has 3 aromatic rings. The summed E-state index contributed by atoms with van der Waals surface area (Å²) in [5.41, 5.74) is 0.691. The van der Waals surface area contributed by atoms with Gasteiger partial charge in [0.2, 0.25) is 4.80 Å². The Kier molecular flexibility index (Phi) is 5.35. The summed E-state index contributed by atoms with van der Waals surface area (Å²) in [6.07, 6.45) is 0. The maximum Gasteiger partial charge on any atom is 0.325 e. The third kappa shape index (κ3) is 3.98. The van der Waals surface area contributed by atoms with Crippen molar-refractivity contribution in [2.75, 3.05) is 7.11 Å². The van der Waals surface area contributed by atoms with Crippen LogP contribution in [0, 0.1) is 0 Å². The number of halogens is 2. The van der Waals surface area contributed by atoms with Gasteiger partial charge in [-0.25, -0.2) is 0 Å². The number of hydrogen-bond donors (Lipinski definition) is 0. The zero-order valence-corrected chi connectivity index (χ0v) is 17.4. The second-order valence-electron chi connectivity index (χ2n) is 4.78. The number of benzene rings is 1. The van der Waals surface area contributed by atoms with Gasteiger partial charge < -0.3 is 9.30 Å². The minimum Gasteiger partial charge on any atom is -0.468 e. The molecule has 0 atom stereocenters. The lowest BCUT2D eigenvalue weighted by Gasteiger charge is -2.03. The highest BCUT2D eigenvalue weighted by atomic mass is 79.9. The van der Waals surface area contributed by atoms with E-state index in [1.807, 2.05) is 6.07 Å². The van der Waals surface area contributed by atoms with Crippen LogP contribution in [0.5, 0.6) is 0 Å². The molecule has 0 bridgehead atoms. The molecule has 11 heteroatoms. The molecule has 0 radical (unpaired) electrons. The van der Waals surface area contributed by atoms with E-state index in [2.05, 4.69) is 20.3 Å². The second-order valence-corrected chi connectivity index (χ2v) is 10.3. The lowest BCUT2D eigenvalue weighted by molar-refractivity contribution is -0.141. The quantitative estimate of drug-likeness (QED) is 0.533. The molecule has 0 fully saturated rings. The second kappa shape index (κ2) is 7.20. The Hall–Kier alpha value is -1.20. The van der Waals surface area contributed by atoms with E-state index in [0.29, 0.717) is 9.85 Å². The number of sulfonamides is 1. The van der Waals surface area contributed by atoms with Crippen LogP contribution in [-0.4, -0.2) is 26.1 Å². The molecule has 2 aromatic heterocycles. The van der Waals surface area contributed by atoms with Gasteiger partial charge in [0.05, 0.1) is 21.7 Å². The van der Waals surface area contributed by atoms with Crippen LogP contribution in [0.1, 0.15) is 0 Å². The van der Waals surface area contributed by atoms with Crippen LogP contribution in [0.15, 0.2) is 43.4 Å². The van der Waals surface area contributed by atoms with E-state index in [4.69, 9.17) is 16.3 Å². The van der Waals surface area contributed by atoms with Crippen LogP contribution in [0.3, 0.4) is 0 Å². The number of hydrogen-bond acceptors (Lipinski definition) is 6. The summed E-state index contributed by atoms with van der Waals surface area (Å²) in [4.78, 5) is 11.9. The number of fused-ring (bicyclic) bond motifs is 1. The van der Waals surface area contributed by atoms with E-state index in [9.17, 15) is 13.2 Å². The van der Waals surface area contributed by atoms with Gasteiger partial charge in [-0.15, -0.1) is 15.7 Å². The van der Waals surface area contributed by atoms with Crippen LogP contribution in [0.25, 0.3) is 10.2 Å². The lowest BCUT2D eigenvalue weighted by Crippen LogP contribution is -2.22. The van der Waals surface area contributed by atoms with Gasteiger partial charge in [0.1, 0.15) is 10.8 Å². The molecule has 2 heterocycles. The summed E-state index contributed by atoms with van der Waals surface area (Å²) in [5, 5.41) is 0. The average Bonchev–Trinajstić information content (AvgIpc) is 3.11. The van der Waals surface area contributed by atoms with Crippen LogP contribution in [0.4, 0.5) is 0 Å². The number of rotatable bonds is 4. The Labute approximate surface area is 164 Å². The van der Waals surface area contributed by atoms with Crippen molar-refractivity contribution in [3.05, 3.63) is 43.9 Å². The monoisotopic (exact) mass is 480 g/mol. The van der Waals surface area contributed by atoms with Gasteiger partial charge in [-0.05, 0) is 30.3 Å². The zero-order chi connectivity index (χ0) is 18.2. The predicted molar refractivity (Wildman–Crippen MR) is 102 cm³/mol. The fourth-order valence-electron chi connectivity index (χ4n) is 2.05. The maximum absolute atomic E-state index is 12.5. The SMILES string of the molecule is COC(=O)Cn1c(=NS(=O)(=O)c2ccc(Cl)s2)sc2cc(Br)ccc21. The Morgan fingerprint density at radius 1 is 1.32 bits per heavy atom. The van der Waals surface area contributed by atoms with Crippen LogP contribution in [-0.2, 0) is 26.1 Å². The summed E-state index contributed by atoms with van der Waals surface area (Å²) < 4.78 is 37.2. The number of aromatic nitrogens is 1. The maximum atomic E-state index is 12.5. The third-order valence-corrected chi connectivity index (χ3v) is 7.78. The number of methoxy groups -OCH3 is 1. The molecule has 0 saturated carbocycles. The molecule has 0 saturated heterocycles. The normalized spacial score (nSPS) is 12.7. The summed E-state index contributed by atoms with van der Waals surface area (Å²) in [6.45, 7) is -0.141. The molecule has 0 spiro atoms. The minimum absolute atomic E-state index is 0.0424. The Bertz CT molecular complexity index is 1130. The summed E-state index contributed by atoms with van der Waals surface area (Å²) >= 11 is 11.3. The molecule has 3 rings (SSSR count). The van der Waals surface area contributed by atoms with Gasteiger partial charge in [-0.1, -0.05) is 38.9 Å². The molecule has 25 heavy (non-hydrogen) atoms. The van der Waals surface area contributed by atoms with Crippen molar-refractivity contribution >= 4 is 76.4 Å². The van der Waals surface area contributed by atoms with Crippen LogP contribution in [0.2, 0.25) is 4.34 Å². The molecule has 6 nitrogen and oxygen atoms in total. The van der Waals surface area contributed by atoms with Crippen molar-refractivity contribution in [3.63, 3.8) is 0 Å². The van der Waals surface area contributed by atoms with E-state index in [1.165, 1.54) is 35.1 Å². The fourth-order valence-corrected chi connectivity index (χ4v) is 6.29. The van der Waals surface area contributed by atoms with Crippen LogP contribution < -0.4 is 4.80 Å². The average molecular weight is 482 g/mol. The number of carbonyl (C=O) groups excluding carboxylic acids is 1. The first-order chi connectivity index (χ1) is 11.8. The highest BCUT2D eigenvalue weighted by Crippen LogP contribution is 2.27. The van der Waals surface area contributed by atoms with Gasteiger partial charge >= 0.3 is 5.97 Å². The van der Waals surface area contributed by atoms with E-state index in [1.54, 1.807) is 12.1 Å². The van der Waals surface area contributed by atoms with Gasteiger partial charge in [-0.2, -0.15) is 8.42 Å². The highest BCUT2D eigenvalue weighted by molar-refractivity contribution is 9.10. The number of thiazole rings is 1. The first kappa shape index (κ1) is 18.6. The molecule has 132 valence electrons. The number of carbonyl (C=O) groups is 1. The van der Waals surface area contributed by atoms with Gasteiger partial charge in [0.25, 0.3) is 10.0 Å². The van der Waals surface area contributed by atoms with Gasteiger partial charge in [0.15, 0.2) is 0 Å². The van der Waals surface area contributed by atoms with Crippen molar-refractivity contribution in [1.29, 1.82) is 0 Å². The van der Waals surface area contributed by atoms with Crippen molar-refractivity contribution in [2.45, 2.75) is 10.8 Å². The number of ether oxygens (including phenoxy) is 1. The molecule has 0 aliphatic rings. The van der Waals surface area contributed by atoms with E-state index in [0.717, 1.165) is 20.5 Å². The largest absolute Gasteiger partial charge is 0.468 e. The first-order valence-corrected chi connectivity index (χ1v) is 11.0. The topological polar surface area (TPSA) is 77.7 Å². The molecule has 1 aromatic carbocycles. The molecule has 0 aliphatic heterocycles. The zero-order valence-electron chi connectivity index (χ0n) is 12.6. The van der Waals surface area contributed by atoms with Crippen molar-refractivity contribution in [2.24, 2.45) is 4.40 Å². The molecule has 0 amide bonds. The number of esters is 1. The van der Waals surface area contributed by atoms with Gasteiger partial charge in [0, 0.05) is 4.47 Å². The van der Waals surface area contributed by atoms with Crippen molar-refractivity contribution in [1.82, 2.24) is 4.57 Å². The highest BCUT2D eigenvalue weighted by Gasteiger charge is 2.18. The van der Waals surface area contributed by atoms with E-state index >= 15 is 0 Å². The number of thiophene rings is 1. The standard InChI is InChI=1S/C14H10BrClN2O4S3/c1-22-12(19)7-18-9-3-2-8(15)6-10(9)23-14(18)17-25(20,21)13-5-4-11(16)24-13/h2-6H,7H2,1H3. The molecule has 0 N–H and O–H groups in total. The van der Waals surface area contributed by atoms with E-state index in [-0.39, 0.29) is 15.6 Å². The fraction of sp³-hybridized carbons (Fsp3) is 0.143. The predicted octanol–water partition coefficient (Wildman–Crippen LogP) is 3.64. The number of nitrogens with zero attached hydrogens (tertiary/aromatic N) is 2. The summed E-state index contributed by atoms with van der Waals surface area (Å²) in [5.74, 6) is -0.499. The van der Waals surface area contributed by atoms with Crippen molar-refractivity contribution < 1.29 is 17.9 Å². The van der Waals surface area contributed by atoms with Crippen molar-refractivity contribution in [3.8, 4) is 0 Å². The third-order valence-electron chi connectivity index (χ3n) is 3.16. The Morgan fingerprint density at radius 3 is 2.72 bits per heavy atom. The lowest BCUT2D eigenvalue weighted by atomic mass is 10.3. The summed E-state index contributed by atoms with van der Waals surface area (Å²) in [6, 6.07) is 8.33.